The summed E-state index contributed by atoms with van der Waals surface area (Å²) in [4.78, 5) is 0. The number of halogens is 3. The van der Waals surface area contributed by atoms with Gasteiger partial charge in [-0.05, 0) is 46.9 Å². The van der Waals surface area contributed by atoms with Gasteiger partial charge < -0.3 is 14.2 Å². The largest absolute Gasteiger partial charge is 0.486 e. The van der Waals surface area contributed by atoms with Gasteiger partial charge in [0.05, 0.1) is 13.2 Å². The second-order valence-corrected chi connectivity index (χ2v) is 8.31. The molecule has 0 spiro atoms. The van der Waals surface area contributed by atoms with Crippen LogP contribution in [-0.4, -0.2) is 26.1 Å². The van der Waals surface area contributed by atoms with Crippen molar-refractivity contribution in [3.05, 3.63) is 103 Å². The molecule has 3 aromatic carbocycles. The molecule has 1 saturated heterocycles. The minimum atomic E-state index is -1.05. The van der Waals surface area contributed by atoms with Crippen LogP contribution in [0.2, 0.25) is 0 Å². The quantitative estimate of drug-likeness (QED) is 0.298. The third-order valence-corrected chi connectivity index (χ3v) is 5.95. The summed E-state index contributed by atoms with van der Waals surface area (Å²) in [6.07, 6.45) is 4.52. The van der Waals surface area contributed by atoms with Crippen LogP contribution in [0.15, 0.2) is 79.9 Å². The fourth-order valence-electron chi connectivity index (χ4n) is 4.04. The average molecular weight is 481 g/mol. The molecule has 0 saturated carbocycles. The van der Waals surface area contributed by atoms with E-state index >= 15 is 0 Å². The Hall–Kier alpha value is -3.35. The highest BCUT2D eigenvalue weighted by Crippen LogP contribution is 2.33. The molecule has 35 heavy (non-hydrogen) atoms. The van der Waals surface area contributed by atoms with Gasteiger partial charge in [0, 0.05) is 17.9 Å². The Labute approximate surface area is 203 Å². The van der Waals surface area contributed by atoms with Crippen LogP contribution in [0.4, 0.5) is 13.2 Å². The van der Waals surface area contributed by atoms with Gasteiger partial charge in [0.2, 0.25) is 5.82 Å². The standard InChI is InChI=1S/C29H27F3O3/c1-3-5-6-27-34-17-22(18-35-27)23-12-11-21(16-25(23)30)19-7-9-20(10-8-19)24-13-14-26(33-15-4-2)29(32)28(24)31/h3-4,7-14,16,22,27H,1-2,5-6,15,17-18H2. The van der Waals surface area contributed by atoms with Crippen molar-refractivity contribution in [1.29, 1.82) is 0 Å². The molecular weight excluding hydrogens is 453 g/mol. The molecule has 0 atom stereocenters. The van der Waals surface area contributed by atoms with Crippen LogP contribution in [0.25, 0.3) is 22.3 Å². The Morgan fingerprint density at radius 2 is 1.51 bits per heavy atom. The molecule has 3 aromatic rings. The maximum absolute atomic E-state index is 15.0. The second kappa shape index (κ2) is 11.4. The molecule has 1 heterocycles. The van der Waals surface area contributed by atoms with Crippen molar-refractivity contribution in [3.63, 3.8) is 0 Å². The van der Waals surface area contributed by atoms with Crippen LogP contribution in [0.5, 0.6) is 5.75 Å². The number of ether oxygens (including phenoxy) is 3. The first-order valence-electron chi connectivity index (χ1n) is 11.5. The highest BCUT2D eigenvalue weighted by Gasteiger charge is 2.25. The number of rotatable bonds is 9. The summed E-state index contributed by atoms with van der Waals surface area (Å²) >= 11 is 0. The van der Waals surface area contributed by atoms with Crippen LogP contribution >= 0.6 is 0 Å². The van der Waals surface area contributed by atoms with E-state index in [4.69, 9.17) is 14.2 Å². The molecule has 1 aliphatic heterocycles. The minimum Gasteiger partial charge on any atom is -0.486 e. The number of hydrogen-bond acceptors (Lipinski definition) is 3. The SMILES string of the molecule is C=CCCC1OCC(c2ccc(-c3ccc(-c4ccc(OCC=C)c(F)c4F)cc3)cc2F)CO1. The van der Waals surface area contributed by atoms with Crippen LogP contribution in [0, 0.1) is 17.5 Å². The zero-order valence-electron chi connectivity index (χ0n) is 19.3. The lowest BCUT2D eigenvalue weighted by Gasteiger charge is -2.29. The maximum atomic E-state index is 15.0. The third-order valence-electron chi connectivity index (χ3n) is 5.95. The molecule has 4 rings (SSSR count). The summed E-state index contributed by atoms with van der Waals surface area (Å²) in [7, 11) is 0. The second-order valence-electron chi connectivity index (χ2n) is 8.31. The lowest BCUT2D eigenvalue weighted by atomic mass is 9.95. The van der Waals surface area contributed by atoms with Crippen molar-refractivity contribution in [2.75, 3.05) is 19.8 Å². The minimum absolute atomic E-state index is 0.0802. The first-order chi connectivity index (χ1) is 17.0. The number of hydrogen-bond donors (Lipinski definition) is 0. The summed E-state index contributed by atoms with van der Waals surface area (Å²) in [5.41, 5.74) is 2.60. The summed E-state index contributed by atoms with van der Waals surface area (Å²) in [6.45, 7) is 8.06. The van der Waals surface area contributed by atoms with Crippen molar-refractivity contribution >= 4 is 0 Å². The van der Waals surface area contributed by atoms with Gasteiger partial charge in [-0.15, -0.1) is 6.58 Å². The molecule has 6 heteroatoms. The monoisotopic (exact) mass is 480 g/mol. The van der Waals surface area contributed by atoms with E-state index in [1.54, 1.807) is 30.3 Å². The molecule has 3 nitrogen and oxygen atoms in total. The Balaban J connectivity index is 1.47. The lowest BCUT2D eigenvalue weighted by molar-refractivity contribution is -0.189. The van der Waals surface area contributed by atoms with Crippen LogP contribution < -0.4 is 4.74 Å². The average Bonchev–Trinajstić information content (AvgIpc) is 2.89. The van der Waals surface area contributed by atoms with Crippen LogP contribution in [0.1, 0.15) is 24.3 Å². The van der Waals surface area contributed by atoms with Gasteiger partial charge in [0.1, 0.15) is 12.4 Å². The molecule has 0 bridgehead atoms. The van der Waals surface area contributed by atoms with Gasteiger partial charge in [0.25, 0.3) is 0 Å². The van der Waals surface area contributed by atoms with E-state index < -0.39 is 11.6 Å². The van der Waals surface area contributed by atoms with E-state index in [9.17, 15) is 13.2 Å². The van der Waals surface area contributed by atoms with Crippen LogP contribution in [-0.2, 0) is 9.47 Å². The summed E-state index contributed by atoms with van der Waals surface area (Å²) in [5.74, 6) is -2.72. The van der Waals surface area contributed by atoms with E-state index in [2.05, 4.69) is 13.2 Å². The van der Waals surface area contributed by atoms with Gasteiger partial charge in [-0.3, -0.25) is 0 Å². The Morgan fingerprint density at radius 1 is 0.829 bits per heavy atom. The molecule has 1 aliphatic rings. The van der Waals surface area contributed by atoms with E-state index in [0.29, 0.717) is 29.9 Å². The predicted octanol–water partition coefficient (Wildman–Crippen LogP) is 7.43. The number of allylic oxidation sites excluding steroid dienone is 1. The summed E-state index contributed by atoms with van der Waals surface area (Å²) < 4.78 is 60.4. The molecule has 0 unspecified atom stereocenters. The van der Waals surface area contributed by atoms with Crippen molar-refractivity contribution in [3.8, 4) is 28.0 Å². The highest BCUT2D eigenvalue weighted by atomic mass is 19.2. The predicted molar refractivity (Wildman–Crippen MR) is 131 cm³/mol. The lowest BCUT2D eigenvalue weighted by Crippen LogP contribution is -2.31. The van der Waals surface area contributed by atoms with Gasteiger partial charge in [-0.2, -0.15) is 4.39 Å². The normalized spacial score (nSPS) is 17.7. The Kier molecular flexibility index (Phi) is 8.06. The van der Waals surface area contributed by atoms with E-state index in [0.717, 1.165) is 18.4 Å². The van der Waals surface area contributed by atoms with E-state index in [1.807, 2.05) is 12.1 Å². The molecule has 182 valence electrons. The first-order valence-corrected chi connectivity index (χ1v) is 11.5. The highest BCUT2D eigenvalue weighted by molar-refractivity contribution is 5.71. The Morgan fingerprint density at radius 3 is 2.17 bits per heavy atom. The first kappa shape index (κ1) is 24.8. The van der Waals surface area contributed by atoms with Crippen molar-refractivity contribution in [1.82, 2.24) is 0 Å². The maximum Gasteiger partial charge on any atom is 0.201 e. The zero-order valence-corrected chi connectivity index (χ0v) is 19.3. The van der Waals surface area contributed by atoms with Gasteiger partial charge in [0.15, 0.2) is 17.9 Å². The van der Waals surface area contributed by atoms with Gasteiger partial charge in [-0.25, -0.2) is 8.78 Å². The van der Waals surface area contributed by atoms with E-state index in [-0.39, 0.29) is 35.9 Å². The fraction of sp³-hybridized carbons (Fsp3) is 0.241. The molecule has 0 aromatic heterocycles. The fourth-order valence-corrected chi connectivity index (χ4v) is 4.04. The topological polar surface area (TPSA) is 27.7 Å². The van der Waals surface area contributed by atoms with Gasteiger partial charge in [-0.1, -0.05) is 55.1 Å². The molecular formula is C29H27F3O3. The van der Waals surface area contributed by atoms with Gasteiger partial charge >= 0.3 is 0 Å². The zero-order chi connectivity index (χ0) is 24.8. The third kappa shape index (κ3) is 5.66. The smallest absolute Gasteiger partial charge is 0.201 e. The molecule has 0 amide bonds. The number of benzene rings is 3. The molecule has 0 aliphatic carbocycles. The van der Waals surface area contributed by atoms with Crippen molar-refractivity contribution < 1.29 is 27.4 Å². The summed E-state index contributed by atoms with van der Waals surface area (Å²) in [6, 6.07) is 14.8. The van der Waals surface area contributed by atoms with Crippen LogP contribution in [0.3, 0.4) is 0 Å². The Bertz CT molecular complexity index is 1180. The van der Waals surface area contributed by atoms with E-state index in [1.165, 1.54) is 24.3 Å². The molecule has 0 N–H and O–H groups in total. The molecule has 1 fully saturated rings. The molecule has 0 radical (unpaired) electrons. The summed E-state index contributed by atoms with van der Waals surface area (Å²) in [5, 5.41) is 0. The van der Waals surface area contributed by atoms with Crippen molar-refractivity contribution in [2.45, 2.75) is 25.0 Å². The van der Waals surface area contributed by atoms with Crippen molar-refractivity contribution in [2.24, 2.45) is 0 Å².